The van der Waals surface area contributed by atoms with Gasteiger partial charge in [0.2, 0.25) is 0 Å². The minimum Gasteiger partial charge on any atom is -0.478 e. The van der Waals surface area contributed by atoms with Crippen LogP contribution in [0.4, 0.5) is 0 Å². The molecular weight excluding hydrogens is 404 g/mol. The SMILES string of the molecule is CCOCC(NOCc1cc(C)ccc1C(=O)O)NC(=O)c1cc(C)ccc1C(=O)O. The molecule has 0 aliphatic rings. The molecule has 0 radical (unpaired) electrons. The van der Waals surface area contributed by atoms with E-state index in [0.717, 1.165) is 11.1 Å². The fourth-order valence-corrected chi connectivity index (χ4v) is 2.88. The van der Waals surface area contributed by atoms with Gasteiger partial charge in [-0.15, -0.1) is 0 Å². The molecule has 0 saturated carbocycles. The third kappa shape index (κ3) is 6.88. The maximum Gasteiger partial charge on any atom is 0.336 e. The Kier molecular flexibility index (Phi) is 8.68. The highest BCUT2D eigenvalue weighted by Gasteiger charge is 2.20. The smallest absolute Gasteiger partial charge is 0.336 e. The monoisotopic (exact) mass is 430 g/mol. The van der Waals surface area contributed by atoms with Gasteiger partial charge in [0.25, 0.3) is 5.91 Å². The van der Waals surface area contributed by atoms with Gasteiger partial charge in [0.05, 0.1) is 29.9 Å². The molecule has 2 aromatic rings. The van der Waals surface area contributed by atoms with E-state index in [1.165, 1.54) is 18.2 Å². The summed E-state index contributed by atoms with van der Waals surface area (Å²) < 4.78 is 5.35. The number of amides is 1. The number of carboxylic acids is 2. The van der Waals surface area contributed by atoms with Crippen molar-refractivity contribution in [1.82, 2.24) is 10.8 Å². The maximum atomic E-state index is 12.7. The highest BCUT2D eigenvalue weighted by molar-refractivity contribution is 6.05. The van der Waals surface area contributed by atoms with Crippen LogP contribution in [0.5, 0.6) is 0 Å². The van der Waals surface area contributed by atoms with Crippen molar-refractivity contribution in [2.45, 2.75) is 33.5 Å². The van der Waals surface area contributed by atoms with E-state index in [1.807, 2.05) is 6.92 Å². The Morgan fingerprint density at radius 1 is 0.935 bits per heavy atom. The number of ether oxygens (including phenoxy) is 1. The standard InChI is InChI=1S/C22H26N2O7/c1-4-30-12-19(23-20(25)18-10-14(3)6-8-17(18)22(28)29)24-31-11-15-9-13(2)5-7-16(15)21(26)27/h5-10,19,24H,4,11-12H2,1-3H3,(H,23,25)(H,26,27)(H,28,29). The van der Waals surface area contributed by atoms with Crippen molar-refractivity contribution in [2.24, 2.45) is 0 Å². The van der Waals surface area contributed by atoms with Crippen LogP contribution in [0.15, 0.2) is 36.4 Å². The average Bonchev–Trinajstić information content (AvgIpc) is 2.71. The number of aryl methyl sites for hydroxylation is 2. The van der Waals surface area contributed by atoms with Gasteiger partial charge in [-0.05, 0) is 44.5 Å². The largest absolute Gasteiger partial charge is 0.478 e. The minimum absolute atomic E-state index is 0.0163. The fraction of sp³-hybridized carbons (Fsp3) is 0.318. The van der Waals surface area contributed by atoms with Gasteiger partial charge in [0.15, 0.2) is 0 Å². The first-order valence-corrected chi connectivity index (χ1v) is 9.65. The van der Waals surface area contributed by atoms with Crippen molar-refractivity contribution in [2.75, 3.05) is 13.2 Å². The molecule has 31 heavy (non-hydrogen) atoms. The molecule has 2 rings (SSSR count). The van der Waals surface area contributed by atoms with Gasteiger partial charge in [-0.1, -0.05) is 29.3 Å². The summed E-state index contributed by atoms with van der Waals surface area (Å²) in [4.78, 5) is 41.0. The van der Waals surface area contributed by atoms with Crippen LogP contribution in [-0.2, 0) is 16.2 Å². The van der Waals surface area contributed by atoms with Crippen LogP contribution in [0.2, 0.25) is 0 Å². The Morgan fingerprint density at radius 2 is 1.55 bits per heavy atom. The van der Waals surface area contributed by atoms with Crippen LogP contribution in [0.3, 0.4) is 0 Å². The number of hydroxylamine groups is 1. The summed E-state index contributed by atoms with van der Waals surface area (Å²) in [5.74, 6) is -2.89. The number of benzene rings is 2. The van der Waals surface area contributed by atoms with Crippen LogP contribution in [0.1, 0.15) is 54.7 Å². The van der Waals surface area contributed by atoms with E-state index >= 15 is 0 Å². The van der Waals surface area contributed by atoms with Crippen molar-refractivity contribution in [3.63, 3.8) is 0 Å². The summed E-state index contributed by atoms with van der Waals surface area (Å²) in [6.07, 6.45) is -0.798. The zero-order valence-electron chi connectivity index (χ0n) is 17.6. The van der Waals surface area contributed by atoms with Crippen molar-refractivity contribution >= 4 is 17.8 Å². The van der Waals surface area contributed by atoms with Crippen LogP contribution >= 0.6 is 0 Å². The molecule has 0 aliphatic heterocycles. The summed E-state index contributed by atoms with van der Waals surface area (Å²) >= 11 is 0. The van der Waals surface area contributed by atoms with Gasteiger partial charge < -0.3 is 20.3 Å². The molecule has 4 N–H and O–H groups in total. The van der Waals surface area contributed by atoms with Crippen LogP contribution in [0, 0.1) is 13.8 Å². The molecule has 166 valence electrons. The predicted molar refractivity (Wildman–Crippen MR) is 112 cm³/mol. The van der Waals surface area contributed by atoms with Crippen molar-refractivity contribution in [1.29, 1.82) is 0 Å². The molecule has 1 unspecified atom stereocenters. The zero-order chi connectivity index (χ0) is 23.0. The van der Waals surface area contributed by atoms with Gasteiger partial charge in [-0.3, -0.25) is 9.63 Å². The van der Waals surface area contributed by atoms with Gasteiger partial charge in [0, 0.05) is 6.61 Å². The second kappa shape index (κ2) is 11.2. The second-order valence-electron chi connectivity index (χ2n) is 6.91. The third-order valence-electron chi connectivity index (χ3n) is 4.39. The van der Waals surface area contributed by atoms with Crippen LogP contribution in [0.25, 0.3) is 0 Å². The van der Waals surface area contributed by atoms with Crippen molar-refractivity contribution < 1.29 is 34.2 Å². The summed E-state index contributed by atoms with van der Waals surface area (Å²) in [6, 6.07) is 9.37. The maximum absolute atomic E-state index is 12.7. The highest BCUT2D eigenvalue weighted by atomic mass is 16.6. The number of rotatable bonds is 11. The molecule has 0 fully saturated rings. The summed E-state index contributed by atoms with van der Waals surface area (Å²) in [5, 5.41) is 21.3. The topological polar surface area (TPSA) is 134 Å². The molecule has 0 bridgehead atoms. The molecule has 9 nitrogen and oxygen atoms in total. The second-order valence-corrected chi connectivity index (χ2v) is 6.91. The van der Waals surface area contributed by atoms with Crippen LogP contribution in [-0.4, -0.2) is 47.4 Å². The number of carboxylic acid groups (broad SMARTS) is 2. The lowest BCUT2D eigenvalue weighted by atomic mass is 10.0. The molecule has 9 heteroatoms. The Bertz CT molecular complexity index is 959. The molecule has 1 atom stereocenters. The Morgan fingerprint density at radius 3 is 2.16 bits per heavy atom. The van der Waals surface area contributed by atoms with Gasteiger partial charge >= 0.3 is 11.9 Å². The van der Waals surface area contributed by atoms with E-state index in [4.69, 9.17) is 9.57 Å². The Hall–Kier alpha value is -3.27. The van der Waals surface area contributed by atoms with Crippen molar-refractivity contribution in [3.05, 3.63) is 69.8 Å². The fourth-order valence-electron chi connectivity index (χ4n) is 2.88. The molecular formula is C22H26N2O7. The van der Waals surface area contributed by atoms with E-state index in [0.29, 0.717) is 12.2 Å². The predicted octanol–water partition coefficient (Wildman–Crippen LogP) is 2.51. The molecule has 0 saturated heterocycles. The highest BCUT2D eigenvalue weighted by Crippen LogP contribution is 2.14. The summed E-state index contributed by atoms with van der Waals surface area (Å²) in [7, 11) is 0. The first-order chi connectivity index (χ1) is 14.7. The molecule has 0 heterocycles. The molecule has 0 aromatic heterocycles. The molecule has 2 aromatic carbocycles. The normalized spacial score (nSPS) is 11.7. The lowest BCUT2D eigenvalue weighted by Crippen LogP contribution is -2.48. The third-order valence-corrected chi connectivity index (χ3v) is 4.39. The van der Waals surface area contributed by atoms with E-state index in [1.54, 1.807) is 32.0 Å². The quantitative estimate of drug-likeness (QED) is 0.316. The van der Waals surface area contributed by atoms with Gasteiger partial charge in [0.1, 0.15) is 6.17 Å². The lowest BCUT2D eigenvalue weighted by Gasteiger charge is -2.21. The Balaban J connectivity index is 2.11. The molecule has 0 spiro atoms. The molecule has 0 aliphatic carbocycles. The van der Waals surface area contributed by atoms with E-state index in [2.05, 4.69) is 10.8 Å². The Labute approximate surface area is 179 Å². The van der Waals surface area contributed by atoms with E-state index in [9.17, 15) is 24.6 Å². The minimum atomic E-state index is -1.21. The molecule has 1 amide bonds. The summed E-state index contributed by atoms with van der Waals surface area (Å²) in [5.41, 5.74) is 4.75. The first-order valence-electron chi connectivity index (χ1n) is 9.65. The number of carbonyl (C=O) groups excluding carboxylic acids is 1. The number of nitrogens with one attached hydrogen (secondary N) is 2. The van der Waals surface area contributed by atoms with Crippen molar-refractivity contribution in [3.8, 4) is 0 Å². The van der Waals surface area contributed by atoms with Gasteiger partial charge in [-0.25, -0.2) is 9.59 Å². The van der Waals surface area contributed by atoms with Gasteiger partial charge in [-0.2, -0.15) is 5.48 Å². The summed E-state index contributed by atoms with van der Waals surface area (Å²) in [6.45, 7) is 5.75. The number of hydrogen-bond acceptors (Lipinski definition) is 6. The van der Waals surface area contributed by atoms with E-state index < -0.39 is 24.0 Å². The average molecular weight is 430 g/mol. The number of carbonyl (C=O) groups is 3. The number of aromatic carboxylic acids is 2. The lowest BCUT2D eigenvalue weighted by molar-refractivity contribution is -0.0279. The van der Waals surface area contributed by atoms with E-state index in [-0.39, 0.29) is 29.9 Å². The zero-order valence-corrected chi connectivity index (χ0v) is 17.6. The number of hydrogen-bond donors (Lipinski definition) is 4. The van der Waals surface area contributed by atoms with Crippen LogP contribution < -0.4 is 10.8 Å². The first kappa shape index (κ1) is 24.0.